The molecule has 0 amide bonds. The summed E-state index contributed by atoms with van der Waals surface area (Å²) in [4.78, 5) is 19.6. The molecule has 21 heavy (non-hydrogen) atoms. The number of hydrogen-bond acceptors (Lipinski definition) is 8. The number of likely N-dealkylation sites (N-methyl/N-ethyl adjacent to an activating group) is 1. The number of aromatic nitrogens is 2. The Labute approximate surface area is 120 Å². The van der Waals surface area contributed by atoms with Gasteiger partial charge in [-0.15, -0.1) is 0 Å². The highest BCUT2D eigenvalue weighted by molar-refractivity contribution is 5.67. The van der Waals surface area contributed by atoms with Gasteiger partial charge in [0.25, 0.3) is 5.56 Å². The van der Waals surface area contributed by atoms with Crippen molar-refractivity contribution in [2.75, 3.05) is 23.0 Å². The molecule has 0 spiro atoms. The highest BCUT2D eigenvalue weighted by atomic mass is 16.6. The fourth-order valence-electron chi connectivity index (χ4n) is 2.19. The van der Waals surface area contributed by atoms with Crippen LogP contribution < -0.4 is 21.5 Å². The maximum absolute atomic E-state index is 11.9. The quantitative estimate of drug-likeness (QED) is 0.327. The molecule has 9 nitrogen and oxygen atoms in total. The van der Waals surface area contributed by atoms with Crippen LogP contribution in [-0.2, 0) is 4.74 Å². The lowest BCUT2D eigenvalue weighted by molar-refractivity contribution is 0.0172. The fourth-order valence-corrected chi connectivity index (χ4v) is 2.19. The van der Waals surface area contributed by atoms with E-state index in [0.29, 0.717) is 0 Å². The van der Waals surface area contributed by atoms with Crippen molar-refractivity contribution in [3.63, 3.8) is 0 Å². The Hall–Kier alpha value is -2.28. The molecule has 9 heteroatoms. The van der Waals surface area contributed by atoms with Gasteiger partial charge >= 0.3 is 0 Å². The van der Waals surface area contributed by atoms with Gasteiger partial charge in [0.1, 0.15) is 12.2 Å². The number of rotatable bonds is 3. The Balaban J connectivity index is 2.42. The summed E-state index contributed by atoms with van der Waals surface area (Å²) in [5.74, 6) is 0.00468. The summed E-state index contributed by atoms with van der Waals surface area (Å²) in [5.41, 5.74) is 4.97. The third-order valence-corrected chi connectivity index (χ3v) is 3.31. The molecule has 1 saturated heterocycles. The van der Waals surface area contributed by atoms with Gasteiger partial charge in [0.2, 0.25) is 5.95 Å². The minimum absolute atomic E-state index is 0.000886. The summed E-state index contributed by atoms with van der Waals surface area (Å²) in [6.07, 6.45) is 1.50. The predicted octanol–water partition coefficient (Wildman–Crippen LogP) is -1.74. The molecule has 114 valence electrons. The van der Waals surface area contributed by atoms with Crippen LogP contribution in [0, 0.1) is 12.5 Å². The van der Waals surface area contributed by atoms with Crippen LogP contribution in [0.3, 0.4) is 0 Å². The number of aliphatic hydroxyl groups excluding tert-OH is 2. The molecule has 6 N–H and O–H groups in total. The van der Waals surface area contributed by atoms with Crippen LogP contribution in [0.15, 0.2) is 4.79 Å². The minimum atomic E-state index is -1.16. The van der Waals surface area contributed by atoms with Gasteiger partial charge in [-0.25, -0.2) is 0 Å². The molecule has 0 aromatic carbocycles. The first-order valence-corrected chi connectivity index (χ1v) is 6.22. The van der Waals surface area contributed by atoms with E-state index < -0.39 is 30.1 Å². The van der Waals surface area contributed by atoms with Gasteiger partial charge in [0, 0.05) is 13.1 Å². The maximum Gasteiger partial charge on any atom is 0.278 e. The van der Waals surface area contributed by atoms with Gasteiger partial charge in [0.05, 0.1) is 6.10 Å². The molecule has 1 aromatic rings. The first-order valence-electron chi connectivity index (χ1n) is 6.22. The van der Waals surface area contributed by atoms with Crippen LogP contribution in [-0.4, -0.2) is 51.8 Å². The van der Waals surface area contributed by atoms with Crippen molar-refractivity contribution < 1.29 is 14.9 Å². The van der Waals surface area contributed by atoms with E-state index in [1.165, 1.54) is 4.90 Å². The largest absolute Gasteiger partial charge is 0.388 e. The van der Waals surface area contributed by atoms with Crippen LogP contribution in [0.1, 0.15) is 6.92 Å². The summed E-state index contributed by atoms with van der Waals surface area (Å²) < 4.78 is 5.47. The van der Waals surface area contributed by atoms with E-state index in [1.807, 2.05) is 0 Å². The van der Waals surface area contributed by atoms with Crippen LogP contribution in [0.4, 0.5) is 17.5 Å². The van der Waals surface area contributed by atoms with Crippen LogP contribution in [0.2, 0.25) is 0 Å². The summed E-state index contributed by atoms with van der Waals surface area (Å²) in [6.45, 7) is 1.63. The summed E-state index contributed by atoms with van der Waals surface area (Å²) in [6, 6.07) is 2.13. The minimum Gasteiger partial charge on any atom is -0.388 e. The summed E-state index contributed by atoms with van der Waals surface area (Å²) >= 11 is 0. The molecule has 1 unspecified atom stereocenters. The first-order chi connectivity index (χ1) is 9.86. The molecule has 2 rings (SSSR count). The van der Waals surface area contributed by atoms with Crippen molar-refractivity contribution in [3.05, 3.63) is 10.4 Å². The summed E-state index contributed by atoms with van der Waals surface area (Å²) in [7, 11) is 1.54. The van der Waals surface area contributed by atoms with Crippen LogP contribution in [0.25, 0.3) is 0 Å². The molecule has 1 aliphatic heterocycles. The lowest BCUT2D eigenvalue weighted by Crippen LogP contribution is -2.43. The number of aromatic amines is 1. The van der Waals surface area contributed by atoms with Crippen molar-refractivity contribution in [1.29, 1.82) is 0 Å². The third kappa shape index (κ3) is 2.64. The Morgan fingerprint density at radius 2 is 2.19 bits per heavy atom. The molecule has 1 aliphatic rings. The van der Waals surface area contributed by atoms with E-state index >= 15 is 0 Å². The predicted molar refractivity (Wildman–Crippen MR) is 76.5 cm³/mol. The van der Waals surface area contributed by atoms with Crippen molar-refractivity contribution >= 4 is 17.5 Å². The molecule has 0 bridgehead atoms. The van der Waals surface area contributed by atoms with E-state index in [4.69, 9.17) is 16.9 Å². The van der Waals surface area contributed by atoms with Crippen molar-refractivity contribution in [1.82, 2.24) is 9.97 Å². The van der Waals surface area contributed by atoms with Crippen molar-refractivity contribution in [2.45, 2.75) is 31.5 Å². The second-order valence-corrected chi connectivity index (χ2v) is 4.74. The van der Waals surface area contributed by atoms with Crippen molar-refractivity contribution in [3.8, 4) is 12.5 Å². The van der Waals surface area contributed by atoms with Gasteiger partial charge in [-0.05, 0) is 6.92 Å². The number of nitrogen functional groups attached to an aromatic ring is 1. The standard InChI is InChI=1S/C12H17N5O4/c1-4-14-6-9(15-12(13)16-10(6)20)17(3)11-8(19)7(18)5(2)21-11/h1,5,7-8,11,14,18-19H,2-3H3,(H3,13,15,16,20)/t5-,7-,8-,11?/m1/s1. The number of aliphatic hydroxyl groups is 2. The molecule has 0 radical (unpaired) electrons. The van der Waals surface area contributed by atoms with Crippen LogP contribution in [0.5, 0.6) is 0 Å². The van der Waals surface area contributed by atoms with Gasteiger partial charge < -0.3 is 30.9 Å². The van der Waals surface area contributed by atoms with Gasteiger partial charge in [-0.1, -0.05) is 6.42 Å². The Kier molecular flexibility index (Phi) is 4.04. The Morgan fingerprint density at radius 3 is 2.71 bits per heavy atom. The number of H-pyrrole nitrogens is 1. The second kappa shape index (κ2) is 5.61. The molecule has 0 aliphatic carbocycles. The van der Waals surface area contributed by atoms with Gasteiger partial charge in [-0.3, -0.25) is 9.78 Å². The molecule has 0 saturated carbocycles. The highest BCUT2D eigenvalue weighted by Crippen LogP contribution is 2.28. The second-order valence-electron chi connectivity index (χ2n) is 4.74. The monoisotopic (exact) mass is 295 g/mol. The van der Waals surface area contributed by atoms with E-state index in [9.17, 15) is 15.0 Å². The zero-order valence-electron chi connectivity index (χ0n) is 11.6. The zero-order valence-corrected chi connectivity index (χ0v) is 11.6. The van der Waals surface area contributed by atoms with Crippen LogP contribution >= 0.6 is 0 Å². The molecular formula is C12H17N5O4. The number of ether oxygens (including phenoxy) is 1. The normalized spacial score (nSPS) is 28.1. The van der Waals surface area contributed by atoms with E-state index in [1.54, 1.807) is 14.0 Å². The zero-order chi connectivity index (χ0) is 15.7. The van der Waals surface area contributed by atoms with Crippen molar-refractivity contribution in [2.24, 2.45) is 0 Å². The highest BCUT2D eigenvalue weighted by Gasteiger charge is 2.43. The number of hydrogen-bond donors (Lipinski definition) is 5. The summed E-state index contributed by atoms with van der Waals surface area (Å²) in [5, 5.41) is 22.2. The molecule has 4 atom stereocenters. The lowest BCUT2D eigenvalue weighted by Gasteiger charge is -2.28. The van der Waals surface area contributed by atoms with Gasteiger partial charge in [-0.2, -0.15) is 4.98 Å². The number of nitrogens with two attached hydrogens (primary N) is 1. The first kappa shape index (κ1) is 15.1. The number of anilines is 3. The number of nitrogens with zero attached hydrogens (tertiary/aromatic N) is 2. The Bertz CT molecular complexity index is 625. The van der Waals surface area contributed by atoms with E-state index in [0.717, 1.165) is 0 Å². The van der Waals surface area contributed by atoms with Gasteiger partial charge in [0.15, 0.2) is 17.7 Å². The smallest absolute Gasteiger partial charge is 0.278 e. The SMILES string of the molecule is C#CNc1c(N(C)C2O[C@H](C)[C@@H](O)[C@H]2O)nc(N)[nH]c1=O. The lowest BCUT2D eigenvalue weighted by atomic mass is 10.1. The fraction of sp³-hybridized carbons (Fsp3) is 0.500. The molecule has 1 fully saturated rings. The molecule has 2 heterocycles. The third-order valence-electron chi connectivity index (χ3n) is 3.31. The number of nitrogens with one attached hydrogen (secondary N) is 2. The molecular weight excluding hydrogens is 278 g/mol. The molecule has 1 aromatic heterocycles. The average molecular weight is 295 g/mol. The van der Waals surface area contributed by atoms with E-state index in [-0.39, 0.29) is 17.5 Å². The topological polar surface area (TPSA) is 137 Å². The number of terminal acetylenes is 1. The maximum atomic E-state index is 11.9. The Morgan fingerprint density at radius 1 is 1.52 bits per heavy atom. The van der Waals surface area contributed by atoms with E-state index in [2.05, 4.69) is 21.3 Å². The average Bonchev–Trinajstić information content (AvgIpc) is 2.68.